The normalized spacial score (nSPS) is 32.2. The van der Waals surface area contributed by atoms with Gasteiger partial charge in [0.2, 0.25) is 0 Å². The molecule has 1 aromatic rings. The van der Waals surface area contributed by atoms with Gasteiger partial charge in [0.05, 0.1) is 0 Å². The minimum Gasteiger partial charge on any atom is -0.313 e. The number of hydrogen-bond donors (Lipinski definition) is 1. The summed E-state index contributed by atoms with van der Waals surface area (Å²) in [6.45, 7) is 3.61. The molecule has 0 aromatic heterocycles. The monoisotopic (exact) mass is 215 g/mol. The van der Waals surface area contributed by atoms with Crippen molar-refractivity contribution in [3.63, 3.8) is 0 Å². The Morgan fingerprint density at radius 1 is 1.25 bits per heavy atom. The topological polar surface area (TPSA) is 12.0 Å². The first-order chi connectivity index (χ1) is 7.83. The highest BCUT2D eigenvalue weighted by atomic mass is 14.9. The van der Waals surface area contributed by atoms with Gasteiger partial charge in [-0.3, -0.25) is 0 Å². The molecule has 86 valence electrons. The Labute approximate surface area is 98.3 Å². The summed E-state index contributed by atoms with van der Waals surface area (Å²) in [6.07, 6.45) is 5.25. The second kappa shape index (κ2) is 4.21. The van der Waals surface area contributed by atoms with Gasteiger partial charge in [-0.1, -0.05) is 31.2 Å². The van der Waals surface area contributed by atoms with Crippen molar-refractivity contribution in [2.24, 2.45) is 11.8 Å². The lowest BCUT2D eigenvalue weighted by Gasteiger charge is -2.25. The number of hydrogen-bond acceptors (Lipinski definition) is 1. The van der Waals surface area contributed by atoms with E-state index in [0.717, 1.165) is 17.9 Å². The molecular weight excluding hydrogens is 194 g/mol. The fourth-order valence-corrected chi connectivity index (χ4v) is 2.87. The Kier molecular flexibility index (Phi) is 2.72. The molecule has 1 fully saturated rings. The summed E-state index contributed by atoms with van der Waals surface area (Å²) in [6, 6.07) is 9.64. The molecule has 16 heavy (non-hydrogen) atoms. The molecule has 1 nitrogen and oxygen atoms in total. The first-order valence-electron chi connectivity index (χ1n) is 6.63. The molecule has 0 spiro atoms. The first kappa shape index (κ1) is 10.3. The predicted octanol–water partition coefficient (Wildman–Crippen LogP) is 2.79. The molecule has 1 saturated carbocycles. The van der Waals surface area contributed by atoms with Crippen molar-refractivity contribution in [2.45, 2.75) is 38.6 Å². The van der Waals surface area contributed by atoms with Crippen molar-refractivity contribution in [1.29, 1.82) is 0 Å². The van der Waals surface area contributed by atoms with E-state index in [9.17, 15) is 0 Å². The third-order valence-corrected chi connectivity index (χ3v) is 4.29. The molecule has 3 unspecified atom stereocenters. The van der Waals surface area contributed by atoms with Crippen LogP contribution in [0.1, 0.15) is 30.9 Å². The second-order valence-electron chi connectivity index (χ2n) is 5.59. The maximum atomic E-state index is 3.75. The molecule has 0 heterocycles. The zero-order valence-electron chi connectivity index (χ0n) is 10.1. The van der Waals surface area contributed by atoms with Crippen molar-refractivity contribution in [3.05, 3.63) is 35.4 Å². The minimum atomic E-state index is 0.725. The highest BCUT2D eigenvalue weighted by molar-refractivity contribution is 5.30. The van der Waals surface area contributed by atoms with Crippen LogP contribution in [0.5, 0.6) is 0 Å². The van der Waals surface area contributed by atoms with E-state index in [-0.39, 0.29) is 0 Å². The van der Waals surface area contributed by atoms with E-state index in [1.807, 2.05) is 0 Å². The molecule has 0 saturated heterocycles. The zero-order chi connectivity index (χ0) is 11.0. The van der Waals surface area contributed by atoms with Crippen molar-refractivity contribution in [2.75, 3.05) is 6.54 Å². The zero-order valence-corrected chi connectivity index (χ0v) is 10.1. The third-order valence-electron chi connectivity index (χ3n) is 4.29. The highest BCUT2D eigenvalue weighted by Crippen LogP contribution is 2.37. The molecule has 3 atom stereocenters. The Balaban J connectivity index is 1.56. The summed E-state index contributed by atoms with van der Waals surface area (Å²) >= 11 is 0. The largest absolute Gasteiger partial charge is 0.313 e. The smallest absolute Gasteiger partial charge is 0.0111 e. The van der Waals surface area contributed by atoms with E-state index >= 15 is 0 Å². The molecule has 2 aliphatic rings. The minimum absolute atomic E-state index is 0.725. The van der Waals surface area contributed by atoms with E-state index < -0.39 is 0 Å². The fourth-order valence-electron chi connectivity index (χ4n) is 2.87. The summed E-state index contributed by atoms with van der Waals surface area (Å²) in [5.41, 5.74) is 3.13. The second-order valence-corrected chi connectivity index (χ2v) is 5.59. The average Bonchev–Trinajstić information content (AvgIpc) is 3.03. The molecule has 0 aliphatic heterocycles. The quantitative estimate of drug-likeness (QED) is 0.817. The lowest BCUT2D eigenvalue weighted by atomic mass is 9.88. The number of nitrogens with one attached hydrogen (secondary N) is 1. The van der Waals surface area contributed by atoms with Gasteiger partial charge >= 0.3 is 0 Å². The van der Waals surface area contributed by atoms with Crippen LogP contribution in [0, 0.1) is 11.8 Å². The molecular formula is C15H21N. The van der Waals surface area contributed by atoms with Gasteiger partial charge in [0.25, 0.3) is 0 Å². The average molecular weight is 215 g/mol. The SMILES string of the molecule is CC1CC1CNC1CCc2ccccc2C1. The molecule has 0 radical (unpaired) electrons. The number of fused-ring (bicyclic) bond motifs is 1. The van der Waals surface area contributed by atoms with Crippen molar-refractivity contribution < 1.29 is 0 Å². The van der Waals surface area contributed by atoms with Crippen LogP contribution in [0.3, 0.4) is 0 Å². The Hall–Kier alpha value is -0.820. The molecule has 3 rings (SSSR count). The Morgan fingerprint density at radius 3 is 2.75 bits per heavy atom. The van der Waals surface area contributed by atoms with Crippen LogP contribution >= 0.6 is 0 Å². The van der Waals surface area contributed by atoms with Crippen molar-refractivity contribution >= 4 is 0 Å². The highest BCUT2D eigenvalue weighted by Gasteiger charge is 2.32. The molecule has 0 amide bonds. The van der Waals surface area contributed by atoms with Gasteiger partial charge in [-0.15, -0.1) is 0 Å². The molecule has 1 aromatic carbocycles. The predicted molar refractivity (Wildman–Crippen MR) is 67.5 cm³/mol. The van der Waals surface area contributed by atoms with E-state index in [0.29, 0.717) is 0 Å². The summed E-state index contributed by atoms with van der Waals surface area (Å²) < 4.78 is 0. The van der Waals surface area contributed by atoms with Gasteiger partial charge in [0.1, 0.15) is 0 Å². The van der Waals surface area contributed by atoms with Gasteiger partial charge in [-0.2, -0.15) is 0 Å². The number of aryl methyl sites for hydroxylation is 1. The fraction of sp³-hybridized carbons (Fsp3) is 0.600. The standard InChI is InChI=1S/C15H21N/c1-11-8-14(11)10-16-15-7-6-12-4-2-3-5-13(12)9-15/h2-5,11,14-16H,6-10H2,1H3. The number of benzene rings is 1. The van der Waals surface area contributed by atoms with E-state index in [2.05, 4.69) is 36.5 Å². The summed E-state index contributed by atoms with van der Waals surface area (Å²) in [7, 11) is 0. The number of rotatable bonds is 3. The first-order valence-corrected chi connectivity index (χ1v) is 6.63. The molecule has 1 N–H and O–H groups in total. The van der Waals surface area contributed by atoms with Gasteiger partial charge < -0.3 is 5.32 Å². The van der Waals surface area contributed by atoms with Crippen LogP contribution in [0.25, 0.3) is 0 Å². The summed E-state index contributed by atoms with van der Waals surface area (Å²) in [4.78, 5) is 0. The molecule has 2 aliphatic carbocycles. The lowest BCUT2D eigenvalue weighted by molar-refractivity contribution is 0.443. The van der Waals surface area contributed by atoms with Gasteiger partial charge in [0.15, 0.2) is 0 Å². The molecule has 0 bridgehead atoms. The summed E-state index contributed by atoms with van der Waals surface area (Å²) in [5.74, 6) is 1.94. The van der Waals surface area contributed by atoms with Crippen LogP contribution < -0.4 is 5.32 Å². The van der Waals surface area contributed by atoms with Crippen LogP contribution in [0.15, 0.2) is 24.3 Å². The van der Waals surface area contributed by atoms with Crippen LogP contribution in [-0.2, 0) is 12.8 Å². The maximum absolute atomic E-state index is 3.75. The van der Waals surface area contributed by atoms with Crippen molar-refractivity contribution in [1.82, 2.24) is 5.32 Å². The molecule has 1 heteroatoms. The van der Waals surface area contributed by atoms with Gasteiger partial charge in [-0.25, -0.2) is 0 Å². The van der Waals surface area contributed by atoms with E-state index in [1.54, 1.807) is 11.1 Å². The van der Waals surface area contributed by atoms with Crippen molar-refractivity contribution in [3.8, 4) is 0 Å². The lowest BCUT2D eigenvalue weighted by Crippen LogP contribution is -2.35. The van der Waals surface area contributed by atoms with Crippen LogP contribution in [0.2, 0.25) is 0 Å². The Bertz CT molecular complexity index is 371. The summed E-state index contributed by atoms with van der Waals surface area (Å²) in [5, 5.41) is 3.75. The maximum Gasteiger partial charge on any atom is 0.0111 e. The third kappa shape index (κ3) is 2.15. The van der Waals surface area contributed by atoms with Gasteiger partial charge in [0, 0.05) is 6.04 Å². The van der Waals surface area contributed by atoms with Gasteiger partial charge in [-0.05, 0) is 55.2 Å². The van der Waals surface area contributed by atoms with E-state index in [1.165, 1.54) is 32.2 Å². The van der Waals surface area contributed by atoms with Crippen LogP contribution in [-0.4, -0.2) is 12.6 Å². The Morgan fingerprint density at radius 2 is 2.00 bits per heavy atom. The van der Waals surface area contributed by atoms with Crippen LogP contribution in [0.4, 0.5) is 0 Å². The van der Waals surface area contributed by atoms with E-state index in [4.69, 9.17) is 0 Å².